The lowest BCUT2D eigenvalue weighted by Crippen LogP contribution is -2.51. The summed E-state index contributed by atoms with van der Waals surface area (Å²) >= 11 is 3.37. The van der Waals surface area contributed by atoms with E-state index in [0.29, 0.717) is 18.7 Å². The largest absolute Gasteiger partial charge is 0.484 e. The molecule has 1 atom stereocenters. The maximum absolute atomic E-state index is 12.8. The number of hydrogen-bond donors (Lipinski definition) is 1. The summed E-state index contributed by atoms with van der Waals surface area (Å²) in [6, 6.07) is 16.6. The molecule has 0 fully saturated rings. The first-order valence-corrected chi connectivity index (χ1v) is 10.2. The molecule has 6 heteroatoms. The Balaban J connectivity index is 2.05. The quantitative estimate of drug-likeness (QED) is 0.636. The Labute approximate surface area is 175 Å². The van der Waals surface area contributed by atoms with Gasteiger partial charge >= 0.3 is 0 Å². The standard InChI is InChI=1S/C22H27BrN2O3/c1-16(2)24-22(27)17(3)25(14-13-18-7-5-4-6-8-18)21(26)15-28-20-11-9-19(23)10-12-20/h4-12,16-17H,13-15H2,1-3H3,(H,24,27)/t17-/m1/s1. The van der Waals surface area contributed by atoms with Gasteiger partial charge in [0.05, 0.1) is 0 Å². The molecule has 0 aliphatic heterocycles. The van der Waals surface area contributed by atoms with Crippen molar-refractivity contribution in [2.75, 3.05) is 13.2 Å². The van der Waals surface area contributed by atoms with E-state index >= 15 is 0 Å². The maximum Gasteiger partial charge on any atom is 0.261 e. The molecule has 0 aliphatic rings. The molecule has 0 aliphatic carbocycles. The number of carbonyl (C=O) groups excluding carboxylic acids is 2. The highest BCUT2D eigenvalue weighted by atomic mass is 79.9. The number of ether oxygens (including phenoxy) is 1. The summed E-state index contributed by atoms with van der Waals surface area (Å²) in [5.74, 6) is 0.226. The van der Waals surface area contributed by atoms with Crippen LogP contribution in [-0.4, -0.2) is 41.9 Å². The zero-order chi connectivity index (χ0) is 20.5. The van der Waals surface area contributed by atoms with E-state index in [1.165, 1.54) is 0 Å². The number of amides is 2. The first-order valence-electron chi connectivity index (χ1n) is 9.39. The summed E-state index contributed by atoms with van der Waals surface area (Å²) in [7, 11) is 0. The molecule has 5 nitrogen and oxygen atoms in total. The molecule has 2 aromatic carbocycles. The maximum atomic E-state index is 12.8. The Morgan fingerprint density at radius 1 is 1.04 bits per heavy atom. The molecule has 2 rings (SSSR count). The van der Waals surface area contributed by atoms with Crippen LogP contribution in [0, 0.1) is 0 Å². The molecule has 1 N–H and O–H groups in total. The van der Waals surface area contributed by atoms with Crippen molar-refractivity contribution in [2.45, 2.75) is 39.3 Å². The third kappa shape index (κ3) is 7.00. The Kier molecular flexibility index (Phi) is 8.51. The Morgan fingerprint density at radius 2 is 1.68 bits per heavy atom. The summed E-state index contributed by atoms with van der Waals surface area (Å²) in [5, 5.41) is 2.88. The van der Waals surface area contributed by atoms with Gasteiger partial charge in [0.2, 0.25) is 5.91 Å². The lowest BCUT2D eigenvalue weighted by molar-refractivity contribution is -0.141. The molecule has 2 amide bonds. The molecule has 28 heavy (non-hydrogen) atoms. The number of carbonyl (C=O) groups is 2. The molecule has 0 heterocycles. The number of nitrogens with one attached hydrogen (secondary N) is 1. The normalized spacial score (nSPS) is 11.8. The van der Waals surface area contributed by atoms with Gasteiger partial charge in [-0.05, 0) is 57.0 Å². The molecular formula is C22H27BrN2O3. The lowest BCUT2D eigenvalue weighted by atomic mass is 10.1. The van der Waals surface area contributed by atoms with E-state index in [4.69, 9.17) is 4.74 Å². The van der Waals surface area contributed by atoms with Gasteiger partial charge in [-0.25, -0.2) is 0 Å². The highest BCUT2D eigenvalue weighted by Crippen LogP contribution is 2.16. The van der Waals surface area contributed by atoms with Gasteiger partial charge in [0.1, 0.15) is 11.8 Å². The fourth-order valence-electron chi connectivity index (χ4n) is 2.73. The number of benzene rings is 2. The first-order chi connectivity index (χ1) is 13.4. The van der Waals surface area contributed by atoms with Gasteiger partial charge in [-0.3, -0.25) is 9.59 Å². The van der Waals surface area contributed by atoms with E-state index in [2.05, 4.69) is 21.2 Å². The van der Waals surface area contributed by atoms with E-state index in [0.717, 1.165) is 10.0 Å². The van der Waals surface area contributed by atoms with Crippen molar-refractivity contribution >= 4 is 27.7 Å². The average molecular weight is 447 g/mol. The summed E-state index contributed by atoms with van der Waals surface area (Å²) < 4.78 is 6.56. The Morgan fingerprint density at radius 3 is 2.29 bits per heavy atom. The van der Waals surface area contributed by atoms with Crippen LogP contribution in [0.3, 0.4) is 0 Å². The number of nitrogens with zero attached hydrogens (tertiary/aromatic N) is 1. The second-order valence-corrected chi connectivity index (χ2v) is 7.82. The van der Waals surface area contributed by atoms with E-state index in [1.54, 1.807) is 24.0 Å². The van der Waals surface area contributed by atoms with Crippen molar-refractivity contribution in [3.8, 4) is 5.75 Å². The van der Waals surface area contributed by atoms with Crippen molar-refractivity contribution in [3.05, 3.63) is 64.6 Å². The van der Waals surface area contributed by atoms with Crippen LogP contribution in [0.5, 0.6) is 5.75 Å². The molecule has 2 aromatic rings. The molecule has 0 saturated heterocycles. The summed E-state index contributed by atoms with van der Waals surface area (Å²) in [6.07, 6.45) is 0.671. The van der Waals surface area contributed by atoms with Gasteiger partial charge in [0.25, 0.3) is 5.91 Å². The van der Waals surface area contributed by atoms with Gasteiger partial charge < -0.3 is 15.0 Å². The zero-order valence-electron chi connectivity index (χ0n) is 16.5. The monoisotopic (exact) mass is 446 g/mol. The van der Waals surface area contributed by atoms with E-state index in [1.807, 2.05) is 56.3 Å². The second kappa shape index (κ2) is 10.9. The van der Waals surface area contributed by atoms with Crippen molar-refractivity contribution in [1.82, 2.24) is 10.2 Å². The second-order valence-electron chi connectivity index (χ2n) is 6.90. The highest BCUT2D eigenvalue weighted by molar-refractivity contribution is 9.10. The van der Waals surface area contributed by atoms with Crippen molar-refractivity contribution in [2.24, 2.45) is 0 Å². The Bertz CT molecular complexity index is 763. The van der Waals surface area contributed by atoms with Gasteiger partial charge in [-0.15, -0.1) is 0 Å². The van der Waals surface area contributed by atoms with Gasteiger partial charge in [0, 0.05) is 17.1 Å². The fraction of sp³-hybridized carbons (Fsp3) is 0.364. The minimum atomic E-state index is -0.577. The first kappa shape index (κ1) is 22.0. The minimum Gasteiger partial charge on any atom is -0.484 e. The Hall–Kier alpha value is -2.34. The SMILES string of the molecule is CC(C)NC(=O)[C@@H](C)N(CCc1ccccc1)C(=O)COc1ccc(Br)cc1. The van der Waals surface area contributed by atoms with Gasteiger partial charge in [-0.1, -0.05) is 46.3 Å². The molecule has 150 valence electrons. The van der Waals surface area contributed by atoms with Crippen LogP contribution in [0.25, 0.3) is 0 Å². The van der Waals surface area contributed by atoms with Crippen molar-refractivity contribution in [1.29, 1.82) is 0 Å². The van der Waals surface area contributed by atoms with E-state index in [9.17, 15) is 9.59 Å². The molecule has 0 spiro atoms. The molecule has 0 aromatic heterocycles. The molecule has 0 bridgehead atoms. The predicted octanol–water partition coefficient (Wildman–Crippen LogP) is 3.81. The van der Waals surface area contributed by atoms with Crippen molar-refractivity contribution in [3.63, 3.8) is 0 Å². The van der Waals surface area contributed by atoms with E-state index < -0.39 is 6.04 Å². The summed E-state index contributed by atoms with van der Waals surface area (Å²) in [5.41, 5.74) is 1.12. The van der Waals surface area contributed by atoms with Crippen LogP contribution in [-0.2, 0) is 16.0 Å². The fourth-order valence-corrected chi connectivity index (χ4v) is 3.00. The molecule has 0 unspecified atom stereocenters. The minimum absolute atomic E-state index is 0.0139. The van der Waals surface area contributed by atoms with Crippen molar-refractivity contribution < 1.29 is 14.3 Å². The lowest BCUT2D eigenvalue weighted by Gasteiger charge is -2.29. The van der Waals surface area contributed by atoms with Gasteiger partial charge in [0.15, 0.2) is 6.61 Å². The van der Waals surface area contributed by atoms with Crippen LogP contribution in [0.2, 0.25) is 0 Å². The number of rotatable bonds is 9. The zero-order valence-corrected chi connectivity index (χ0v) is 18.1. The molecule has 0 radical (unpaired) electrons. The number of halogens is 1. The van der Waals surface area contributed by atoms with E-state index in [-0.39, 0.29) is 24.5 Å². The third-order valence-electron chi connectivity index (χ3n) is 4.26. The van der Waals surface area contributed by atoms with Crippen LogP contribution >= 0.6 is 15.9 Å². The summed E-state index contributed by atoms with van der Waals surface area (Å²) in [6.45, 7) is 5.88. The highest BCUT2D eigenvalue weighted by Gasteiger charge is 2.26. The summed E-state index contributed by atoms with van der Waals surface area (Å²) in [4.78, 5) is 26.9. The predicted molar refractivity (Wildman–Crippen MR) is 114 cm³/mol. The third-order valence-corrected chi connectivity index (χ3v) is 4.79. The van der Waals surface area contributed by atoms with Crippen LogP contribution in [0.15, 0.2) is 59.1 Å². The number of hydrogen-bond acceptors (Lipinski definition) is 3. The van der Waals surface area contributed by atoms with Crippen LogP contribution in [0.4, 0.5) is 0 Å². The smallest absolute Gasteiger partial charge is 0.261 e. The van der Waals surface area contributed by atoms with Crippen LogP contribution in [0.1, 0.15) is 26.3 Å². The topological polar surface area (TPSA) is 58.6 Å². The van der Waals surface area contributed by atoms with Gasteiger partial charge in [-0.2, -0.15) is 0 Å². The molecular weight excluding hydrogens is 420 g/mol. The molecule has 0 saturated carbocycles. The average Bonchev–Trinajstić information content (AvgIpc) is 2.67. The van der Waals surface area contributed by atoms with Crippen LogP contribution < -0.4 is 10.1 Å².